The number of ether oxygens (including phenoxy) is 1. The third-order valence-corrected chi connectivity index (χ3v) is 5.39. The van der Waals surface area contributed by atoms with Crippen molar-refractivity contribution in [2.24, 2.45) is 7.05 Å². The molecule has 1 heterocycles. The van der Waals surface area contributed by atoms with E-state index in [1.165, 1.54) is 28.7 Å². The topological polar surface area (TPSA) is 54.7 Å². The number of hydrogen-bond acceptors (Lipinski definition) is 4. The molecule has 0 amide bonds. The first-order valence-corrected chi connectivity index (χ1v) is 9.82. The Morgan fingerprint density at radius 2 is 1.97 bits per heavy atom. The first kappa shape index (κ1) is 22.1. The number of hydrogen-bond donors (Lipinski definition) is 1. The Hall–Kier alpha value is -2.55. The highest BCUT2D eigenvalue weighted by Crippen LogP contribution is 2.31. The van der Waals surface area contributed by atoms with E-state index in [9.17, 15) is 18.7 Å². The zero-order valence-electron chi connectivity index (χ0n) is 16.3. The first-order valence-electron chi connectivity index (χ1n) is 9.03. The molecule has 0 spiro atoms. The van der Waals surface area contributed by atoms with Crippen molar-refractivity contribution in [2.45, 2.75) is 6.42 Å². The minimum Gasteiger partial charge on any atom is -0.506 e. The average Bonchev–Trinajstić information content (AvgIpc) is 2.72. The summed E-state index contributed by atoms with van der Waals surface area (Å²) in [4.78, 5) is 14.5. The van der Waals surface area contributed by atoms with E-state index in [4.69, 9.17) is 28.6 Å². The summed E-state index contributed by atoms with van der Waals surface area (Å²) in [5.74, 6) is -2.37. The largest absolute Gasteiger partial charge is 0.506 e. The molecule has 3 rings (SSSR count). The molecule has 30 heavy (non-hydrogen) atoms. The van der Waals surface area contributed by atoms with Crippen LogP contribution in [0.3, 0.4) is 0 Å². The number of anilines is 1. The highest BCUT2D eigenvalue weighted by atomic mass is 35.5. The summed E-state index contributed by atoms with van der Waals surface area (Å²) in [6.07, 6.45) is 0.496. The van der Waals surface area contributed by atoms with Gasteiger partial charge in [-0.1, -0.05) is 23.8 Å². The highest BCUT2D eigenvalue weighted by Gasteiger charge is 2.24. The van der Waals surface area contributed by atoms with Gasteiger partial charge in [-0.2, -0.15) is 0 Å². The van der Waals surface area contributed by atoms with Crippen LogP contribution in [0.25, 0.3) is 10.9 Å². The van der Waals surface area contributed by atoms with Crippen LogP contribution in [0.4, 0.5) is 14.5 Å². The van der Waals surface area contributed by atoms with E-state index in [2.05, 4.69) is 0 Å². The second-order valence-electron chi connectivity index (χ2n) is 6.65. The molecule has 0 aliphatic carbocycles. The summed E-state index contributed by atoms with van der Waals surface area (Å²) in [5.41, 5.74) is 0.0888. The number of aromatic hydroxyl groups is 1. The van der Waals surface area contributed by atoms with Crippen molar-refractivity contribution < 1.29 is 18.6 Å². The number of pyridine rings is 1. The SMILES string of the molecule is COCCCN(C(=S)c1c(O)c2cc(Cl)ccc2n(C)c1=O)c1ccc(F)c(F)c1. The predicted octanol–water partition coefficient (Wildman–Crippen LogP) is 4.39. The van der Waals surface area contributed by atoms with Gasteiger partial charge in [-0.25, -0.2) is 8.78 Å². The Labute approximate surface area is 182 Å². The number of halogens is 3. The van der Waals surface area contributed by atoms with Gasteiger partial charge in [-0.3, -0.25) is 4.79 Å². The summed E-state index contributed by atoms with van der Waals surface area (Å²) < 4.78 is 33.7. The van der Waals surface area contributed by atoms with Gasteiger partial charge < -0.3 is 19.3 Å². The summed E-state index contributed by atoms with van der Waals surface area (Å²) in [6.45, 7) is 0.647. The lowest BCUT2D eigenvalue weighted by Gasteiger charge is -2.26. The molecule has 0 unspecified atom stereocenters. The summed E-state index contributed by atoms with van der Waals surface area (Å²) in [5, 5.41) is 11.6. The Bertz CT molecular complexity index is 1180. The molecule has 1 N–H and O–H groups in total. The Balaban J connectivity index is 2.17. The third-order valence-electron chi connectivity index (χ3n) is 4.73. The fraction of sp³-hybridized carbons (Fsp3) is 0.238. The predicted molar refractivity (Wildman–Crippen MR) is 118 cm³/mol. The molecule has 0 saturated heterocycles. The average molecular weight is 453 g/mol. The zero-order chi connectivity index (χ0) is 22.0. The first-order chi connectivity index (χ1) is 14.3. The van der Waals surface area contributed by atoms with Gasteiger partial charge in [0.15, 0.2) is 11.6 Å². The molecule has 0 atom stereocenters. The number of aromatic nitrogens is 1. The van der Waals surface area contributed by atoms with Crippen LogP contribution in [0.1, 0.15) is 12.0 Å². The van der Waals surface area contributed by atoms with Crippen LogP contribution in [0.5, 0.6) is 5.75 Å². The lowest BCUT2D eigenvalue weighted by Crippen LogP contribution is -2.37. The number of nitrogens with zero attached hydrogens (tertiary/aromatic N) is 2. The maximum absolute atomic E-state index is 13.9. The number of rotatable bonds is 6. The van der Waals surface area contributed by atoms with Gasteiger partial charge in [-0.15, -0.1) is 0 Å². The minimum atomic E-state index is -1.05. The number of benzene rings is 2. The lowest BCUT2D eigenvalue weighted by molar-refractivity contribution is 0.197. The van der Waals surface area contributed by atoms with Crippen LogP contribution in [0.15, 0.2) is 41.2 Å². The summed E-state index contributed by atoms with van der Waals surface area (Å²) >= 11 is 11.6. The zero-order valence-corrected chi connectivity index (χ0v) is 17.9. The standard InChI is InChI=1S/C21H19ClF2N2O3S/c1-25-17-7-4-12(22)10-14(17)19(27)18(20(25)28)21(30)26(8-3-9-29-2)13-5-6-15(23)16(24)11-13/h4-7,10-11,27H,3,8-9H2,1-2H3. The molecule has 0 saturated carbocycles. The number of methoxy groups -OCH3 is 1. The van der Waals surface area contributed by atoms with E-state index in [0.29, 0.717) is 29.0 Å². The monoisotopic (exact) mass is 452 g/mol. The molecule has 2 aromatic carbocycles. The van der Waals surface area contributed by atoms with Crippen molar-refractivity contribution in [3.8, 4) is 5.75 Å². The molecule has 5 nitrogen and oxygen atoms in total. The van der Waals surface area contributed by atoms with Crippen molar-refractivity contribution >= 4 is 45.4 Å². The molecule has 1 aromatic heterocycles. The van der Waals surface area contributed by atoms with Crippen LogP contribution < -0.4 is 10.5 Å². The van der Waals surface area contributed by atoms with E-state index >= 15 is 0 Å². The van der Waals surface area contributed by atoms with Gasteiger partial charge >= 0.3 is 0 Å². The van der Waals surface area contributed by atoms with Gasteiger partial charge in [0.25, 0.3) is 5.56 Å². The fourth-order valence-electron chi connectivity index (χ4n) is 3.20. The number of thiocarbonyl (C=S) groups is 1. The van der Waals surface area contributed by atoms with Gasteiger partial charge in [0.1, 0.15) is 16.3 Å². The second kappa shape index (κ2) is 9.07. The van der Waals surface area contributed by atoms with Crippen LogP contribution in [0.2, 0.25) is 5.02 Å². The third kappa shape index (κ3) is 4.16. The van der Waals surface area contributed by atoms with Crippen molar-refractivity contribution in [1.29, 1.82) is 0 Å². The molecule has 158 valence electrons. The van der Waals surface area contributed by atoms with E-state index in [1.54, 1.807) is 19.2 Å². The maximum atomic E-state index is 13.9. The maximum Gasteiger partial charge on any atom is 0.264 e. The van der Waals surface area contributed by atoms with Crippen LogP contribution in [-0.2, 0) is 11.8 Å². The summed E-state index contributed by atoms with van der Waals surface area (Å²) in [7, 11) is 3.09. The minimum absolute atomic E-state index is 0.0166. The van der Waals surface area contributed by atoms with Crippen molar-refractivity contribution in [1.82, 2.24) is 4.57 Å². The summed E-state index contributed by atoms with van der Waals surface area (Å²) in [6, 6.07) is 8.10. The molecular weight excluding hydrogens is 434 g/mol. The van der Waals surface area contributed by atoms with Gasteiger partial charge in [0.05, 0.1) is 5.52 Å². The van der Waals surface area contributed by atoms with Gasteiger partial charge in [0, 0.05) is 49.5 Å². The van der Waals surface area contributed by atoms with Gasteiger partial charge in [0.2, 0.25) is 0 Å². The molecule has 3 aromatic rings. The molecule has 0 bridgehead atoms. The molecule has 0 aliphatic heterocycles. The number of fused-ring (bicyclic) bond motifs is 1. The van der Waals surface area contributed by atoms with Gasteiger partial charge in [-0.05, 0) is 36.8 Å². The van der Waals surface area contributed by atoms with Crippen molar-refractivity contribution in [2.75, 3.05) is 25.2 Å². The van der Waals surface area contributed by atoms with Crippen molar-refractivity contribution in [3.05, 3.63) is 69.0 Å². The molecule has 0 aliphatic rings. The quantitative estimate of drug-likeness (QED) is 0.444. The molecule has 0 radical (unpaired) electrons. The van der Waals surface area contributed by atoms with Crippen molar-refractivity contribution in [3.63, 3.8) is 0 Å². The van der Waals surface area contributed by atoms with Crippen LogP contribution >= 0.6 is 23.8 Å². The van der Waals surface area contributed by atoms with Crippen LogP contribution in [0, 0.1) is 11.6 Å². The highest BCUT2D eigenvalue weighted by molar-refractivity contribution is 7.81. The van der Waals surface area contributed by atoms with E-state index in [1.807, 2.05) is 0 Å². The molecule has 0 fully saturated rings. The normalized spacial score (nSPS) is 11.1. The Morgan fingerprint density at radius 1 is 1.23 bits per heavy atom. The Kier molecular flexibility index (Phi) is 6.70. The van der Waals surface area contributed by atoms with E-state index in [0.717, 1.165) is 12.1 Å². The van der Waals surface area contributed by atoms with E-state index < -0.39 is 17.2 Å². The lowest BCUT2D eigenvalue weighted by atomic mass is 10.1. The van der Waals surface area contributed by atoms with E-state index in [-0.39, 0.29) is 28.5 Å². The second-order valence-corrected chi connectivity index (χ2v) is 7.47. The molecule has 9 heteroatoms. The molecular formula is C21H19ClF2N2O3S. The fourth-order valence-corrected chi connectivity index (χ4v) is 3.75. The van der Waals surface area contributed by atoms with Crippen LogP contribution in [-0.4, -0.2) is 34.9 Å². The number of aryl methyl sites for hydroxylation is 1. The Morgan fingerprint density at radius 3 is 2.63 bits per heavy atom. The smallest absolute Gasteiger partial charge is 0.264 e.